The molecule has 0 bridgehead atoms. The summed E-state index contributed by atoms with van der Waals surface area (Å²) < 4.78 is 46.2. The molecule has 0 aliphatic rings. The van der Waals surface area contributed by atoms with Crippen molar-refractivity contribution in [3.8, 4) is 34.7 Å². The lowest BCUT2D eigenvalue weighted by Crippen LogP contribution is -2.16. The number of hydrogen-bond acceptors (Lipinski definition) is 4. The number of rotatable bonds is 5. The molecule has 0 fully saturated rings. The van der Waals surface area contributed by atoms with Gasteiger partial charge in [0.25, 0.3) is 0 Å². The van der Waals surface area contributed by atoms with Crippen LogP contribution in [-0.4, -0.2) is 11.5 Å². The Bertz CT molecular complexity index is 834. The Morgan fingerprint density at radius 3 is 2.35 bits per heavy atom. The molecular formula is C19H18F3NO3. The number of hydrogen-bond donors (Lipinski definition) is 2. The van der Waals surface area contributed by atoms with Crippen LogP contribution in [0.3, 0.4) is 0 Å². The summed E-state index contributed by atoms with van der Waals surface area (Å²) in [5.41, 5.74) is 9.03. The SMILES string of the molecule is CC#COc1c(C)c(-c2ccc(OC(F)(F)F)cc2)cc(CN)c1CO. The Labute approximate surface area is 149 Å². The largest absolute Gasteiger partial charge is 0.573 e. The van der Waals surface area contributed by atoms with Crippen LogP contribution in [0.4, 0.5) is 13.2 Å². The highest BCUT2D eigenvalue weighted by Crippen LogP contribution is 2.36. The topological polar surface area (TPSA) is 64.7 Å². The fourth-order valence-corrected chi connectivity index (χ4v) is 2.60. The summed E-state index contributed by atoms with van der Waals surface area (Å²) in [5, 5.41) is 9.65. The van der Waals surface area contributed by atoms with Gasteiger partial charge in [-0.25, -0.2) is 0 Å². The summed E-state index contributed by atoms with van der Waals surface area (Å²) >= 11 is 0. The van der Waals surface area contributed by atoms with Crippen molar-refractivity contribution in [1.82, 2.24) is 0 Å². The van der Waals surface area contributed by atoms with Gasteiger partial charge in [-0.2, -0.15) is 0 Å². The third kappa shape index (κ3) is 4.48. The molecule has 0 aliphatic heterocycles. The molecule has 3 N–H and O–H groups in total. The van der Waals surface area contributed by atoms with Gasteiger partial charge in [0.2, 0.25) is 0 Å². The third-order valence-electron chi connectivity index (χ3n) is 3.76. The van der Waals surface area contributed by atoms with E-state index in [1.54, 1.807) is 19.9 Å². The Kier molecular flexibility index (Phi) is 6.14. The predicted molar refractivity (Wildman–Crippen MR) is 91.2 cm³/mol. The molecule has 2 aromatic rings. The van der Waals surface area contributed by atoms with E-state index in [-0.39, 0.29) is 18.9 Å². The molecule has 138 valence electrons. The first-order valence-electron chi connectivity index (χ1n) is 7.71. The molecule has 0 atom stereocenters. The van der Waals surface area contributed by atoms with Gasteiger partial charge in [0.05, 0.1) is 6.61 Å². The van der Waals surface area contributed by atoms with E-state index in [0.717, 1.165) is 0 Å². The van der Waals surface area contributed by atoms with Gasteiger partial charge >= 0.3 is 6.36 Å². The van der Waals surface area contributed by atoms with Crippen molar-refractivity contribution in [2.75, 3.05) is 0 Å². The van der Waals surface area contributed by atoms with Crippen LogP contribution in [0.5, 0.6) is 11.5 Å². The van der Waals surface area contributed by atoms with E-state index in [1.165, 1.54) is 24.3 Å². The summed E-state index contributed by atoms with van der Waals surface area (Å²) in [6.45, 7) is 3.28. The second-order valence-corrected chi connectivity index (χ2v) is 5.40. The second-order valence-electron chi connectivity index (χ2n) is 5.40. The molecule has 0 heterocycles. The lowest BCUT2D eigenvalue weighted by Gasteiger charge is -2.17. The van der Waals surface area contributed by atoms with Crippen LogP contribution >= 0.6 is 0 Å². The summed E-state index contributed by atoms with van der Waals surface area (Å²) in [6, 6.07) is 7.27. The quantitative estimate of drug-likeness (QED) is 0.790. The van der Waals surface area contributed by atoms with Gasteiger partial charge in [-0.05, 0) is 41.8 Å². The average Bonchev–Trinajstić information content (AvgIpc) is 2.59. The molecule has 0 spiro atoms. The van der Waals surface area contributed by atoms with E-state index in [2.05, 4.69) is 16.8 Å². The van der Waals surface area contributed by atoms with E-state index in [9.17, 15) is 18.3 Å². The van der Waals surface area contributed by atoms with Crippen molar-refractivity contribution in [3.05, 3.63) is 47.0 Å². The van der Waals surface area contributed by atoms with Crippen LogP contribution in [0.1, 0.15) is 23.6 Å². The smallest absolute Gasteiger partial charge is 0.407 e. The highest BCUT2D eigenvalue weighted by molar-refractivity contribution is 5.73. The summed E-state index contributed by atoms with van der Waals surface area (Å²) in [7, 11) is 0. The normalized spacial score (nSPS) is 10.9. The second kappa shape index (κ2) is 8.13. The van der Waals surface area contributed by atoms with Crippen LogP contribution in [0.2, 0.25) is 0 Å². The first-order valence-corrected chi connectivity index (χ1v) is 7.71. The van der Waals surface area contributed by atoms with Gasteiger partial charge in [0.15, 0.2) is 0 Å². The van der Waals surface area contributed by atoms with E-state index >= 15 is 0 Å². The predicted octanol–water partition coefficient (Wildman–Crippen LogP) is 3.87. The Balaban J connectivity index is 2.52. The van der Waals surface area contributed by atoms with Gasteiger partial charge in [0, 0.05) is 24.6 Å². The highest BCUT2D eigenvalue weighted by atomic mass is 19.4. The van der Waals surface area contributed by atoms with E-state index in [4.69, 9.17) is 10.5 Å². The molecule has 2 aromatic carbocycles. The Morgan fingerprint density at radius 1 is 1.19 bits per heavy atom. The minimum atomic E-state index is -4.74. The number of nitrogens with two attached hydrogens (primary N) is 1. The average molecular weight is 365 g/mol. The minimum Gasteiger partial charge on any atom is -0.407 e. The zero-order valence-corrected chi connectivity index (χ0v) is 14.3. The lowest BCUT2D eigenvalue weighted by molar-refractivity contribution is -0.274. The molecule has 7 heteroatoms. The number of aliphatic hydroxyl groups is 1. The lowest BCUT2D eigenvalue weighted by atomic mass is 9.93. The van der Waals surface area contributed by atoms with Crippen LogP contribution < -0.4 is 15.2 Å². The monoisotopic (exact) mass is 365 g/mol. The van der Waals surface area contributed by atoms with E-state index in [1.807, 2.05) is 0 Å². The van der Waals surface area contributed by atoms with Crippen LogP contribution in [0, 0.1) is 19.0 Å². The maximum atomic E-state index is 12.3. The zero-order chi connectivity index (χ0) is 19.3. The Morgan fingerprint density at radius 2 is 1.85 bits per heavy atom. The summed E-state index contributed by atoms with van der Waals surface area (Å²) in [4.78, 5) is 0. The van der Waals surface area contributed by atoms with Gasteiger partial charge in [0.1, 0.15) is 17.6 Å². The molecule has 0 unspecified atom stereocenters. The maximum Gasteiger partial charge on any atom is 0.573 e. The number of aliphatic hydroxyl groups excluding tert-OH is 1. The van der Waals surface area contributed by atoms with Crippen molar-refractivity contribution in [2.45, 2.75) is 33.4 Å². The van der Waals surface area contributed by atoms with Crippen molar-refractivity contribution in [2.24, 2.45) is 5.73 Å². The maximum absolute atomic E-state index is 12.3. The number of halogens is 3. The van der Waals surface area contributed by atoms with Crippen LogP contribution in [-0.2, 0) is 13.2 Å². The minimum absolute atomic E-state index is 0.161. The Hall–Kier alpha value is -2.69. The number of alkyl halides is 3. The first-order chi connectivity index (χ1) is 12.3. The molecule has 0 saturated carbocycles. The van der Waals surface area contributed by atoms with E-state index in [0.29, 0.717) is 33.6 Å². The van der Waals surface area contributed by atoms with Crippen LogP contribution in [0.25, 0.3) is 11.1 Å². The third-order valence-corrected chi connectivity index (χ3v) is 3.76. The first kappa shape index (κ1) is 19.6. The van der Waals surface area contributed by atoms with Crippen molar-refractivity contribution < 1.29 is 27.8 Å². The summed E-state index contributed by atoms with van der Waals surface area (Å²) in [5.74, 6) is 2.70. The van der Waals surface area contributed by atoms with Crippen molar-refractivity contribution in [1.29, 1.82) is 0 Å². The van der Waals surface area contributed by atoms with Gasteiger partial charge in [-0.15, -0.1) is 13.2 Å². The van der Waals surface area contributed by atoms with Gasteiger partial charge < -0.3 is 20.3 Å². The van der Waals surface area contributed by atoms with Crippen molar-refractivity contribution in [3.63, 3.8) is 0 Å². The number of ether oxygens (including phenoxy) is 2. The van der Waals surface area contributed by atoms with Crippen molar-refractivity contribution >= 4 is 0 Å². The number of benzene rings is 2. The molecule has 0 saturated heterocycles. The molecule has 0 aliphatic carbocycles. The molecule has 0 aromatic heterocycles. The standard InChI is InChI=1S/C19H18F3NO3/c1-3-8-25-18-12(2)16(9-14(10-23)17(18)11-24)13-4-6-15(7-5-13)26-19(20,21)22/h4-7,9,24H,10-11,23H2,1-2H3. The molecule has 0 radical (unpaired) electrons. The van der Waals surface area contributed by atoms with E-state index < -0.39 is 6.36 Å². The van der Waals surface area contributed by atoms with Gasteiger partial charge in [-0.1, -0.05) is 18.1 Å². The molecule has 4 nitrogen and oxygen atoms in total. The summed E-state index contributed by atoms with van der Waals surface area (Å²) in [6.07, 6.45) is -2.25. The fraction of sp³-hybridized carbons (Fsp3) is 0.263. The molecular weight excluding hydrogens is 347 g/mol. The van der Waals surface area contributed by atoms with Crippen LogP contribution in [0.15, 0.2) is 30.3 Å². The highest BCUT2D eigenvalue weighted by Gasteiger charge is 2.31. The fourth-order valence-electron chi connectivity index (χ4n) is 2.60. The van der Waals surface area contributed by atoms with Gasteiger partial charge in [-0.3, -0.25) is 0 Å². The molecule has 26 heavy (non-hydrogen) atoms. The molecule has 0 amide bonds. The zero-order valence-electron chi connectivity index (χ0n) is 14.3. The molecule has 2 rings (SSSR count).